The van der Waals surface area contributed by atoms with Gasteiger partial charge < -0.3 is 9.84 Å². The molecule has 0 spiro atoms. The highest BCUT2D eigenvalue weighted by atomic mass is 35.5. The number of benzene rings is 1. The van der Waals surface area contributed by atoms with Gasteiger partial charge in [-0.3, -0.25) is 9.69 Å². The van der Waals surface area contributed by atoms with E-state index in [-0.39, 0.29) is 18.9 Å². The number of carboxylic acids is 1. The number of ether oxygens (including phenoxy) is 1. The lowest BCUT2D eigenvalue weighted by Crippen LogP contribution is -2.44. The zero-order chi connectivity index (χ0) is 13.1. The van der Waals surface area contributed by atoms with Crippen LogP contribution in [0.2, 0.25) is 5.02 Å². The molecule has 0 aromatic heterocycles. The van der Waals surface area contributed by atoms with Gasteiger partial charge in [-0.15, -0.1) is 0 Å². The molecule has 18 heavy (non-hydrogen) atoms. The fourth-order valence-electron chi connectivity index (χ4n) is 1.89. The Balaban J connectivity index is 2.18. The number of amides is 1. The van der Waals surface area contributed by atoms with Crippen LogP contribution in [0.5, 0.6) is 0 Å². The maximum absolute atomic E-state index is 11.7. The molecule has 1 heterocycles. The van der Waals surface area contributed by atoms with Crippen LogP contribution in [0.25, 0.3) is 0 Å². The normalized spacial score (nSPS) is 19.5. The van der Waals surface area contributed by atoms with Gasteiger partial charge in [0.25, 0.3) is 0 Å². The van der Waals surface area contributed by atoms with Gasteiger partial charge >= 0.3 is 12.1 Å². The van der Waals surface area contributed by atoms with Crippen molar-refractivity contribution in [3.63, 3.8) is 0 Å². The Hall–Kier alpha value is -1.75. The fraction of sp³-hybridized carbons (Fsp3) is 0.333. The van der Waals surface area contributed by atoms with Crippen molar-refractivity contribution in [3.8, 4) is 0 Å². The molecule has 1 unspecified atom stereocenters. The highest BCUT2D eigenvalue weighted by Gasteiger charge is 2.30. The van der Waals surface area contributed by atoms with Gasteiger partial charge in [0.1, 0.15) is 0 Å². The molecule has 1 saturated heterocycles. The van der Waals surface area contributed by atoms with E-state index in [0.29, 0.717) is 17.3 Å². The molecule has 1 aliphatic heterocycles. The number of halogens is 1. The van der Waals surface area contributed by atoms with Crippen LogP contribution in [-0.2, 0) is 9.53 Å². The van der Waals surface area contributed by atoms with E-state index in [1.54, 1.807) is 24.3 Å². The van der Waals surface area contributed by atoms with Crippen LogP contribution in [-0.4, -0.2) is 30.3 Å². The van der Waals surface area contributed by atoms with Gasteiger partial charge in [-0.25, -0.2) is 4.79 Å². The molecule has 1 aromatic carbocycles. The number of carbonyl (C=O) groups is 2. The molecule has 5 nitrogen and oxygen atoms in total. The summed E-state index contributed by atoms with van der Waals surface area (Å²) in [6.45, 7) is 0.432. The van der Waals surface area contributed by atoms with Crippen molar-refractivity contribution in [1.82, 2.24) is 0 Å². The average molecular weight is 270 g/mol. The largest absolute Gasteiger partial charge is 0.481 e. The number of hydrogen-bond donors (Lipinski definition) is 1. The number of aliphatic carboxylic acids is 1. The molecule has 0 radical (unpaired) electrons. The number of cyclic esters (lactones) is 1. The van der Waals surface area contributed by atoms with Crippen LogP contribution >= 0.6 is 11.6 Å². The van der Waals surface area contributed by atoms with Gasteiger partial charge in [0.05, 0.1) is 23.7 Å². The lowest BCUT2D eigenvalue weighted by molar-refractivity contribution is -0.138. The zero-order valence-corrected chi connectivity index (χ0v) is 10.3. The first-order valence-corrected chi connectivity index (χ1v) is 5.86. The van der Waals surface area contributed by atoms with E-state index in [2.05, 4.69) is 0 Å². The quantitative estimate of drug-likeness (QED) is 0.915. The summed E-state index contributed by atoms with van der Waals surface area (Å²) in [6, 6.07) is 6.89. The van der Waals surface area contributed by atoms with Gasteiger partial charge in [0.2, 0.25) is 0 Å². The SMILES string of the molecule is O=C(O)CC1COC(=O)N(c2ccccc2Cl)C1. The Morgan fingerprint density at radius 2 is 2.22 bits per heavy atom. The standard InChI is InChI=1S/C12H12ClNO4/c13-9-3-1-2-4-10(9)14-6-8(5-11(15)16)7-18-12(14)17/h1-4,8H,5-7H2,(H,15,16). The maximum Gasteiger partial charge on any atom is 0.414 e. The highest BCUT2D eigenvalue weighted by molar-refractivity contribution is 6.33. The van der Waals surface area contributed by atoms with E-state index < -0.39 is 12.1 Å². The number of para-hydroxylation sites is 1. The predicted octanol–water partition coefficient (Wildman–Crippen LogP) is 2.39. The van der Waals surface area contributed by atoms with Crippen LogP contribution in [0.4, 0.5) is 10.5 Å². The summed E-state index contributed by atoms with van der Waals surface area (Å²) in [7, 11) is 0. The average Bonchev–Trinajstić information content (AvgIpc) is 2.32. The first-order valence-electron chi connectivity index (χ1n) is 5.48. The molecule has 1 fully saturated rings. The van der Waals surface area contributed by atoms with E-state index >= 15 is 0 Å². The van der Waals surface area contributed by atoms with Gasteiger partial charge in [-0.05, 0) is 12.1 Å². The number of carboxylic acid groups (broad SMARTS) is 1. The number of hydrogen-bond acceptors (Lipinski definition) is 3. The van der Waals surface area contributed by atoms with E-state index in [9.17, 15) is 9.59 Å². The summed E-state index contributed by atoms with van der Waals surface area (Å²) < 4.78 is 4.98. The molecule has 1 N–H and O–H groups in total. The summed E-state index contributed by atoms with van der Waals surface area (Å²) in [4.78, 5) is 23.7. The van der Waals surface area contributed by atoms with Crippen molar-refractivity contribution in [3.05, 3.63) is 29.3 Å². The van der Waals surface area contributed by atoms with Gasteiger partial charge in [0.15, 0.2) is 0 Å². The van der Waals surface area contributed by atoms with Crippen LogP contribution in [0.1, 0.15) is 6.42 Å². The highest BCUT2D eigenvalue weighted by Crippen LogP contribution is 2.29. The number of rotatable bonds is 3. The second kappa shape index (κ2) is 5.27. The van der Waals surface area contributed by atoms with Crippen molar-refractivity contribution in [2.75, 3.05) is 18.1 Å². The molecule has 0 bridgehead atoms. The van der Waals surface area contributed by atoms with E-state index in [1.807, 2.05) is 0 Å². The van der Waals surface area contributed by atoms with Crippen LogP contribution in [0, 0.1) is 5.92 Å². The monoisotopic (exact) mass is 269 g/mol. The smallest absolute Gasteiger partial charge is 0.414 e. The Labute approximate surface area is 109 Å². The molecular formula is C12H12ClNO4. The molecule has 1 amide bonds. The molecule has 2 rings (SSSR count). The summed E-state index contributed by atoms with van der Waals surface area (Å²) >= 11 is 6.01. The second-order valence-corrected chi connectivity index (χ2v) is 4.51. The molecular weight excluding hydrogens is 258 g/mol. The third kappa shape index (κ3) is 2.73. The summed E-state index contributed by atoms with van der Waals surface area (Å²) in [5.41, 5.74) is 0.541. The molecule has 6 heteroatoms. The lowest BCUT2D eigenvalue weighted by atomic mass is 10.0. The van der Waals surface area contributed by atoms with Crippen LogP contribution in [0.15, 0.2) is 24.3 Å². The van der Waals surface area contributed by atoms with E-state index in [1.165, 1.54) is 4.90 Å². The fourth-order valence-corrected chi connectivity index (χ4v) is 2.13. The molecule has 1 aliphatic rings. The van der Waals surface area contributed by atoms with E-state index in [0.717, 1.165) is 0 Å². The summed E-state index contributed by atoms with van der Waals surface area (Å²) in [6.07, 6.45) is -0.529. The zero-order valence-electron chi connectivity index (χ0n) is 9.51. The third-order valence-corrected chi connectivity index (χ3v) is 3.03. The minimum Gasteiger partial charge on any atom is -0.481 e. The number of carbonyl (C=O) groups excluding carboxylic acids is 1. The second-order valence-electron chi connectivity index (χ2n) is 4.10. The van der Waals surface area contributed by atoms with Crippen LogP contribution < -0.4 is 4.90 Å². The predicted molar refractivity (Wildman–Crippen MR) is 65.9 cm³/mol. The molecule has 96 valence electrons. The molecule has 1 atom stereocenters. The Bertz CT molecular complexity index is 477. The van der Waals surface area contributed by atoms with Crippen molar-refractivity contribution >= 4 is 29.4 Å². The summed E-state index contributed by atoms with van der Waals surface area (Å²) in [5, 5.41) is 9.19. The Morgan fingerprint density at radius 3 is 2.89 bits per heavy atom. The molecule has 1 aromatic rings. The lowest BCUT2D eigenvalue weighted by Gasteiger charge is -2.31. The van der Waals surface area contributed by atoms with Crippen molar-refractivity contribution in [1.29, 1.82) is 0 Å². The Kier molecular flexibility index (Phi) is 3.72. The molecule has 0 aliphatic carbocycles. The molecule has 0 saturated carbocycles. The van der Waals surface area contributed by atoms with Gasteiger partial charge in [0, 0.05) is 12.5 Å². The number of nitrogens with zero attached hydrogens (tertiary/aromatic N) is 1. The minimum atomic E-state index is -0.906. The topological polar surface area (TPSA) is 66.8 Å². The van der Waals surface area contributed by atoms with Crippen LogP contribution in [0.3, 0.4) is 0 Å². The van der Waals surface area contributed by atoms with Crippen molar-refractivity contribution in [2.45, 2.75) is 6.42 Å². The van der Waals surface area contributed by atoms with Gasteiger partial charge in [-0.1, -0.05) is 23.7 Å². The maximum atomic E-state index is 11.7. The third-order valence-electron chi connectivity index (χ3n) is 2.71. The number of anilines is 1. The first-order chi connectivity index (χ1) is 8.58. The van der Waals surface area contributed by atoms with Crippen molar-refractivity contribution in [2.24, 2.45) is 5.92 Å². The Morgan fingerprint density at radius 1 is 1.50 bits per heavy atom. The summed E-state index contributed by atoms with van der Waals surface area (Å²) in [5.74, 6) is -1.13. The minimum absolute atomic E-state index is 0.0335. The van der Waals surface area contributed by atoms with Gasteiger partial charge in [-0.2, -0.15) is 0 Å². The van der Waals surface area contributed by atoms with Crippen molar-refractivity contribution < 1.29 is 19.4 Å². The first kappa shape index (κ1) is 12.7. The van der Waals surface area contributed by atoms with E-state index in [4.69, 9.17) is 21.4 Å².